The molecule has 0 saturated carbocycles. The molecule has 0 spiro atoms. The lowest BCUT2D eigenvalue weighted by molar-refractivity contribution is -0.122. The molecule has 2 rings (SSSR count). The molecule has 1 heterocycles. The number of rotatable bonds is 6. The second-order valence-corrected chi connectivity index (χ2v) is 5.61. The highest BCUT2D eigenvalue weighted by Gasteiger charge is 2.21. The van der Waals surface area contributed by atoms with Crippen molar-refractivity contribution in [2.24, 2.45) is 0 Å². The second kappa shape index (κ2) is 7.41. The lowest BCUT2D eigenvalue weighted by Gasteiger charge is -2.21. The van der Waals surface area contributed by atoms with E-state index in [2.05, 4.69) is 10.6 Å². The van der Waals surface area contributed by atoms with Crippen LogP contribution in [-0.2, 0) is 11.2 Å². The fraction of sp³-hybridized carbons (Fsp3) is 0.562. The van der Waals surface area contributed by atoms with Gasteiger partial charge in [0.1, 0.15) is 0 Å². The van der Waals surface area contributed by atoms with Gasteiger partial charge in [-0.15, -0.1) is 0 Å². The molecule has 1 fully saturated rings. The van der Waals surface area contributed by atoms with Crippen molar-refractivity contribution >= 4 is 5.91 Å². The SMILES string of the molecule is CC(NC(=O)CC1CCCN1)C(O)Cc1ccccc1. The van der Waals surface area contributed by atoms with Crippen LogP contribution in [0.4, 0.5) is 0 Å². The Kier molecular flexibility index (Phi) is 5.56. The van der Waals surface area contributed by atoms with Gasteiger partial charge in [0.25, 0.3) is 0 Å². The minimum Gasteiger partial charge on any atom is -0.391 e. The van der Waals surface area contributed by atoms with E-state index in [1.807, 2.05) is 37.3 Å². The van der Waals surface area contributed by atoms with Gasteiger partial charge in [-0.2, -0.15) is 0 Å². The van der Waals surface area contributed by atoms with Gasteiger partial charge in [-0.1, -0.05) is 30.3 Å². The van der Waals surface area contributed by atoms with Crippen molar-refractivity contribution in [3.05, 3.63) is 35.9 Å². The zero-order valence-electron chi connectivity index (χ0n) is 12.0. The van der Waals surface area contributed by atoms with Crippen molar-refractivity contribution in [2.45, 2.75) is 50.8 Å². The number of carbonyl (C=O) groups is 1. The Morgan fingerprint density at radius 3 is 2.85 bits per heavy atom. The Hall–Kier alpha value is -1.39. The van der Waals surface area contributed by atoms with Crippen LogP contribution in [0.2, 0.25) is 0 Å². The summed E-state index contributed by atoms with van der Waals surface area (Å²) in [5, 5.41) is 16.4. The highest BCUT2D eigenvalue weighted by molar-refractivity contribution is 5.77. The molecule has 0 aliphatic carbocycles. The average Bonchev–Trinajstić information content (AvgIpc) is 2.92. The Labute approximate surface area is 120 Å². The molecular weight excluding hydrogens is 252 g/mol. The first-order valence-electron chi connectivity index (χ1n) is 7.40. The van der Waals surface area contributed by atoms with E-state index in [0.717, 1.165) is 24.9 Å². The molecule has 1 aromatic rings. The van der Waals surface area contributed by atoms with Crippen molar-refractivity contribution in [1.29, 1.82) is 0 Å². The Bertz CT molecular complexity index is 416. The first kappa shape index (κ1) is 15.0. The fourth-order valence-corrected chi connectivity index (χ4v) is 2.60. The predicted octanol–water partition coefficient (Wildman–Crippen LogP) is 1.24. The number of hydrogen-bond acceptors (Lipinski definition) is 3. The first-order valence-corrected chi connectivity index (χ1v) is 7.40. The zero-order chi connectivity index (χ0) is 14.4. The molecule has 1 aromatic carbocycles. The molecule has 3 N–H and O–H groups in total. The van der Waals surface area contributed by atoms with Crippen molar-refractivity contribution < 1.29 is 9.90 Å². The molecule has 4 nitrogen and oxygen atoms in total. The van der Waals surface area contributed by atoms with Gasteiger partial charge in [-0.05, 0) is 31.9 Å². The molecule has 1 aliphatic heterocycles. The second-order valence-electron chi connectivity index (χ2n) is 5.61. The molecule has 0 radical (unpaired) electrons. The summed E-state index contributed by atoms with van der Waals surface area (Å²) in [6.07, 6.45) is 2.71. The fourth-order valence-electron chi connectivity index (χ4n) is 2.60. The van der Waals surface area contributed by atoms with Gasteiger partial charge in [0.15, 0.2) is 0 Å². The summed E-state index contributed by atoms with van der Waals surface area (Å²) in [4.78, 5) is 11.9. The number of amides is 1. The number of benzene rings is 1. The van der Waals surface area contributed by atoms with Crippen molar-refractivity contribution in [3.63, 3.8) is 0 Å². The van der Waals surface area contributed by atoms with E-state index in [0.29, 0.717) is 18.9 Å². The molecule has 0 aromatic heterocycles. The third-order valence-corrected chi connectivity index (χ3v) is 3.85. The van der Waals surface area contributed by atoms with E-state index in [1.165, 1.54) is 0 Å². The molecule has 1 aliphatic rings. The van der Waals surface area contributed by atoms with Crippen molar-refractivity contribution in [3.8, 4) is 0 Å². The van der Waals surface area contributed by atoms with Crippen LogP contribution in [0.1, 0.15) is 31.7 Å². The normalized spacial score (nSPS) is 21.4. The standard InChI is InChI=1S/C16H24N2O2/c1-12(15(19)10-13-6-3-2-4-7-13)18-16(20)11-14-8-5-9-17-14/h2-4,6-7,12,14-15,17,19H,5,8-11H2,1H3,(H,18,20). The van der Waals surface area contributed by atoms with Crippen LogP contribution >= 0.6 is 0 Å². The lowest BCUT2D eigenvalue weighted by Crippen LogP contribution is -2.43. The van der Waals surface area contributed by atoms with E-state index >= 15 is 0 Å². The summed E-state index contributed by atoms with van der Waals surface area (Å²) in [5.41, 5.74) is 1.08. The Morgan fingerprint density at radius 2 is 2.20 bits per heavy atom. The summed E-state index contributed by atoms with van der Waals surface area (Å²) in [6.45, 7) is 2.86. The smallest absolute Gasteiger partial charge is 0.221 e. The number of aliphatic hydroxyl groups is 1. The first-order chi connectivity index (χ1) is 9.65. The van der Waals surface area contributed by atoms with Gasteiger partial charge < -0.3 is 15.7 Å². The number of hydrogen-bond donors (Lipinski definition) is 3. The zero-order valence-corrected chi connectivity index (χ0v) is 12.0. The van der Waals surface area contributed by atoms with E-state index in [4.69, 9.17) is 0 Å². The van der Waals surface area contributed by atoms with Crippen LogP contribution in [0.25, 0.3) is 0 Å². The van der Waals surface area contributed by atoms with Gasteiger partial charge in [-0.3, -0.25) is 4.79 Å². The van der Waals surface area contributed by atoms with Crippen LogP contribution in [0, 0.1) is 0 Å². The largest absolute Gasteiger partial charge is 0.391 e. The molecule has 1 saturated heterocycles. The molecule has 1 amide bonds. The monoisotopic (exact) mass is 276 g/mol. The van der Waals surface area contributed by atoms with Crippen molar-refractivity contribution in [1.82, 2.24) is 10.6 Å². The molecule has 3 unspecified atom stereocenters. The van der Waals surface area contributed by atoms with Crippen molar-refractivity contribution in [2.75, 3.05) is 6.54 Å². The van der Waals surface area contributed by atoms with Gasteiger partial charge in [-0.25, -0.2) is 0 Å². The molecule has 4 heteroatoms. The molecule has 110 valence electrons. The van der Waals surface area contributed by atoms with Crippen LogP contribution in [0.3, 0.4) is 0 Å². The maximum Gasteiger partial charge on any atom is 0.221 e. The number of nitrogens with one attached hydrogen (secondary N) is 2. The summed E-state index contributed by atoms with van der Waals surface area (Å²) in [6, 6.07) is 9.90. The molecule has 20 heavy (non-hydrogen) atoms. The van der Waals surface area contributed by atoms with Crippen LogP contribution < -0.4 is 10.6 Å². The summed E-state index contributed by atoms with van der Waals surface area (Å²) < 4.78 is 0. The Morgan fingerprint density at radius 1 is 1.45 bits per heavy atom. The number of carbonyl (C=O) groups excluding carboxylic acids is 1. The van der Waals surface area contributed by atoms with Gasteiger partial charge in [0.2, 0.25) is 5.91 Å². The average molecular weight is 276 g/mol. The third kappa shape index (κ3) is 4.62. The van der Waals surface area contributed by atoms with Gasteiger partial charge >= 0.3 is 0 Å². The highest BCUT2D eigenvalue weighted by Crippen LogP contribution is 2.10. The summed E-state index contributed by atoms with van der Waals surface area (Å²) in [5.74, 6) is 0.0176. The Balaban J connectivity index is 1.75. The lowest BCUT2D eigenvalue weighted by atomic mass is 10.0. The third-order valence-electron chi connectivity index (χ3n) is 3.85. The van der Waals surface area contributed by atoms with E-state index in [9.17, 15) is 9.90 Å². The van der Waals surface area contributed by atoms with Crippen LogP contribution in [-0.4, -0.2) is 35.7 Å². The summed E-state index contributed by atoms with van der Waals surface area (Å²) >= 11 is 0. The molecule has 3 atom stereocenters. The molecule has 0 bridgehead atoms. The van der Waals surface area contributed by atoms with E-state index in [1.54, 1.807) is 0 Å². The topological polar surface area (TPSA) is 61.4 Å². The van der Waals surface area contributed by atoms with Crippen LogP contribution in [0.5, 0.6) is 0 Å². The summed E-state index contributed by atoms with van der Waals surface area (Å²) in [7, 11) is 0. The predicted molar refractivity (Wildman–Crippen MR) is 79.4 cm³/mol. The van der Waals surface area contributed by atoms with E-state index in [-0.39, 0.29) is 11.9 Å². The van der Waals surface area contributed by atoms with Crippen LogP contribution in [0.15, 0.2) is 30.3 Å². The maximum atomic E-state index is 11.9. The minimum absolute atomic E-state index is 0.0176. The highest BCUT2D eigenvalue weighted by atomic mass is 16.3. The van der Waals surface area contributed by atoms with E-state index < -0.39 is 6.10 Å². The van der Waals surface area contributed by atoms with Gasteiger partial charge in [0, 0.05) is 18.9 Å². The minimum atomic E-state index is -0.558. The molecular formula is C16H24N2O2. The quantitative estimate of drug-likeness (QED) is 0.732. The van der Waals surface area contributed by atoms with Gasteiger partial charge in [0.05, 0.1) is 12.1 Å². The number of aliphatic hydroxyl groups excluding tert-OH is 1. The maximum absolute atomic E-state index is 11.9.